The van der Waals surface area contributed by atoms with E-state index in [0.29, 0.717) is 17.5 Å². The fourth-order valence-electron chi connectivity index (χ4n) is 2.44. The molecule has 2 aromatic rings. The van der Waals surface area contributed by atoms with Crippen LogP contribution in [0.1, 0.15) is 19.7 Å². The zero-order valence-electron chi connectivity index (χ0n) is 11.4. The highest BCUT2D eigenvalue weighted by Crippen LogP contribution is 2.28. The first-order valence-electron chi connectivity index (χ1n) is 6.22. The molecule has 0 unspecified atom stereocenters. The second kappa shape index (κ2) is 5.70. The molecule has 1 aromatic heterocycles. The number of hydrogen-bond acceptors (Lipinski definition) is 2. The van der Waals surface area contributed by atoms with E-state index in [1.54, 1.807) is 7.11 Å². The molecule has 0 saturated heterocycles. The van der Waals surface area contributed by atoms with Crippen LogP contribution in [0.2, 0.25) is 5.02 Å². The molecular weight excluding hydrogens is 283 g/mol. The number of halogens is 2. The molecule has 0 spiro atoms. The molecule has 0 atom stereocenters. The molecule has 0 bridgehead atoms. The Bertz CT molecular complexity index is 578. The summed E-state index contributed by atoms with van der Waals surface area (Å²) < 4.78 is 7.51. The van der Waals surface area contributed by atoms with E-state index in [1.165, 1.54) is 0 Å². The highest BCUT2D eigenvalue weighted by atomic mass is 35.5. The van der Waals surface area contributed by atoms with Crippen LogP contribution in [-0.4, -0.2) is 29.1 Å². The lowest BCUT2D eigenvalue weighted by atomic mass is 10.1. The average molecular weight is 301 g/mol. The summed E-state index contributed by atoms with van der Waals surface area (Å²) in [6, 6.07) is 5.74. The van der Waals surface area contributed by atoms with Crippen molar-refractivity contribution in [3.05, 3.63) is 29.0 Å². The first-order valence-corrected chi connectivity index (χ1v) is 7.13. The highest BCUT2D eigenvalue weighted by Gasteiger charge is 2.25. The molecule has 0 aliphatic carbocycles. The van der Waals surface area contributed by atoms with Gasteiger partial charge in [-0.2, -0.15) is 0 Å². The Balaban J connectivity index is 2.66. The normalized spacial score (nSPS) is 12.3. The summed E-state index contributed by atoms with van der Waals surface area (Å²) in [5.41, 5.74) is 1.76. The third-order valence-corrected chi connectivity index (χ3v) is 3.53. The van der Waals surface area contributed by atoms with E-state index in [9.17, 15) is 0 Å². The quantitative estimate of drug-likeness (QED) is 0.784. The molecule has 0 fully saturated rings. The number of benzene rings is 1. The number of methoxy groups -OCH3 is 1. The monoisotopic (exact) mass is 300 g/mol. The van der Waals surface area contributed by atoms with Gasteiger partial charge in [0, 0.05) is 24.4 Å². The molecule has 1 heterocycles. The number of imidazole rings is 1. The molecule has 0 aliphatic rings. The standard InChI is InChI=1S/C14H18Cl2N2O/c1-14(2,9-19-3)18-12-8-10(16)4-5-11(12)17-13(18)6-7-15/h4-5,8H,6-7,9H2,1-3H3. The Morgan fingerprint density at radius 1 is 1.37 bits per heavy atom. The van der Waals surface area contributed by atoms with Gasteiger partial charge in [0.1, 0.15) is 5.82 Å². The van der Waals surface area contributed by atoms with Crippen molar-refractivity contribution in [3.8, 4) is 0 Å². The van der Waals surface area contributed by atoms with Gasteiger partial charge in [-0.1, -0.05) is 11.6 Å². The molecule has 0 amide bonds. The van der Waals surface area contributed by atoms with Crippen LogP contribution in [0.25, 0.3) is 11.0 Å². The van der Waals surface area contributed by atoms with Crippen LogP contribution in [0, 0.1) is 0 Å². The predicted molar refractivity (Wildman–Crippen MR) is 80.4 cm³/mol. The SMILES string of the molecule is COCC(C)(C)n1c(CCCl)nc2ccc(Cl)cc21. The van der Waals surface area contributed by atoms with Crippen molar-refractivity contribution >= 4 is 34.2 Å². The molecule has 2 rings (SSSR count). The maximum atomic E-state index is 6.11. The number of nitrogens with zero attached hydrogens (tertiary/aromatic N) is 2. The van der Waals surface area contributed by atoms with E-state index in [1.807, 2.05) is 18.2 Å². The van der Waals surface area contributed by atoms with Crippen molar-refractivity contribution in [2.75, 3.05) is 19.6 Å². The van der Waals surface area contributed by atoms with Crippen LogP contribution in [0.3, 0.4) is 0 Å². The zero-order chi connectivity index (χ0) is 14.0. The number of hydrogen-bond donors (Lipinski definition) is 0. The van der Waals surface area contributed by atoms with Gasteiger partial charge in [0.25, 0.3) is 0 Å². The van der Waals surface area contributed by atoms with Gasteiger partial charge in [-0.3, -0.25) is 0 Å². The van der Waals surface area contributed by atoms with Crippen molar-refractivity contribution in [2.45, 2.75) is 25.8 Å². The lowest BCUT2D eigenvalue weighted by Gasteiger charge is -2.28. The number of ether oxygens (including phenoxy) is 1. The van der Waals surface area contributed by atoms with Gasteiger partial charge in [-0.05, 0) is 32.0 Å². The zero-order valence-corrected chi connectivity index (χ0v) is 12.9. The second-order valence-electron chi connectivity index (χ2n) is 5.18. The van der Waals surface area contributed by atoms with E-state index in [-0.39, 0.29) is 5.54 Å². The summed E-state index contributed by atoms with van der Waals surface area (Å²) in [4.78, 5) is 4.66. The van der Waals surface area contributed by atoms with Gasteiger partial charge < -0.3 is 9.30 Å². The van der Waals surface area contributed by atoms with Gasteiger partial charge >= 0.3 is 0 Å². The molecule has 1 aromatic carbocycles. The Morgan fingerprint density at radius 2 is 2.11 bits per heavy atom. The van der Waals surface area contributed by atoms with Gasteiger partial charge in [0.05, 0.1) is 23.2 Å². The summed E-state index contributed by atoms with van der Waals surface area (Å²) in [5, 5.41) is 0.708. The molecular formula is C14H18Cl2N2O. The Morgan fingerprint density at radius 3 is 2.74 bits per heavy atom. The van der Waals surface area contributed by atoms with Crippen molar-refractivity contribution in [1.82, 2.24) is 9.55 Å². The third-order valence-electron chi connectivity index (χ3n) is 3.11. The van der Waals surface area contributed by atoms with Gasteiger partial charge in [-0.15, -0.1) is 11.6 Å². The van der Waals surface area contributed by atoms with Crippen LogP contribution in [0.4, 0.5) is 0 Å². The smallest absolute Gasteiger partial charge is 0.111 e. The summed E-state index contributed by atoms with van der Waals surface area (Å²) >= 11 is 12.0. The summed E-state index contributed by atoms with van der Waals surface area (Å²) in [6.45, 7) is 4.84. The summed E-state index contributed by atoms with van der Waals surface area (Å²) in [7, 11) is 1.70. The lowest BCUT2D eigenvalue weighted by molar-refractivity contribution is 0.110. The summed E-state index contributed by atoms with van der Waals surface area (Å²) in [5.74, 6) is 1.51. The highest BCUT2D eigenvalue weighted by molar-refractivity contribution is 6.31. The Kier molecular flexibility index (Phi) is 4.39. The molecule has 0 radical (unpaired) electrons. The molecule has 3 nitrogen and oxygen atoms in total. The molecule has 5 heteroatoms. The van der Waals surface area contributed by atoms with E-state index in [4.69, 9.17) is 27.9 Å². The van der Waals surface area contributed by atoms with Crippen LogP contribution in [0.15, 0.2) is 18.2 Å². The van der Waals surface area contributed by atoms with Gasteiger partial charge in [0.2, 0.25) is 0 Å². The predicted octanol–water partition coefficient (Wildman–Crippen LogP) is 3.85. The number of alkyl halides is 1. The minimum atomic E-state index is -0.199. The van der Waals surface area contributed by atoms with E-state index in [2.05, 4.69) is 23.4 Å². The van der Waals surface area contributed by atoms with E-state index in [0.717, 1.165) is 23.3 Å². The molecule has 19 heavy (non-hydrogen) atoms. The number of rotatable bonds is 5. The molecule has 0 N–H and O–H groups in total. The lowest BCUT2D eigenvalue weighted by Crippen LogP contribution is -2.33. The fraction of sp³-hybridized carbons (Fsp3) is 0.500. The first-order chi connectivity index (χ1) is 8.99. The first kappa shape index (κ1) is 14.6. The minimum Gasteiger partial charge on any atom is -0.382 e. The van der Waals surface area contributed by atoms with Crippen LogP contribution < -0.4 is 0 Å². The fourth-order valence-corrected chi connectivity index (χ4v) is 2.78. The van der Waals surface area contributed by atoms with Crippen LogP contribution in [-0.2, 0) is 16.7 Å². The molecule has 0 aliphatic heterocycles. The molecule has 0 saturated carbocycles. The van der Waals surface area contributed by atoms with Crippen molar-refractivity contribution < 1.29 is 4.74 Å². The largest absolute Gasteiger partial charge is 0.382 e. The summed E-state index contributed by atoms with van der Waals surface area (Å²) in [6.07, 6.45) is 0.723. The van der Waals surface area contributed by atoms with E-state index >= 15 is 0 Å². The van der Waals surface area contributed by atoms with Crippen molar-refractivity contribution in [1.29, 1.82) is 0 Å². The number of fused-ring (bicyclic) bond motifs is 1. The second-order valence-corrected chi connectivity index (χ2v) is 6.00. The van der Waals surface area contributed by atoms with Gasteiger partial charge in [-0.25, -0.2) is 4.98 Å². The maximum absolute atomic E-state index is 6.11. The minimum absolute atomic E-state index is 0.199. The maximum Gasteiger partial charge on any atom is 0.111 e. The third kappa shape index (κ3) is 2.88. The van der Waals surface area contributed by atoms with Gasteiger partial charge in [0.15, 0.2) is 0 Å². The average Bonchev–Trinajstić information content (AvgIpc) is 2.67. The van der Waals surface area contributed by atoms with E-state index < -0.39 is 0 Å². The molecule has 104 valence electrons. The Hall–Kier alpha value is -0.770. The van der Waals surface area contributed by atoms with Crippen LogP contribution >= 0.6 is 23.2 Å². The Labute approximate surface area is 123 Å². The number of aryl methyl sites for hydroxylation is 1. The topological polar surface area (TPSA) is 27.1 Å². The van der Waals surface area contributed by atoms with Crippen LogP contribution in [0.5, 0.6) is 0 Å². The van der Waals surface area contributed by atoms with Crippen molar-refractivity contribution in [3.63, 3.8) is 0 Å². The van der Waals surface area contributed by atoms with Crippen molar-refractivity contribution in [2.24, 2.45) is 0 Å². The number of aromatic nitrogens is 2.